The molecule has 1 aliphatic rings. The zero-order chi connectivity index (χ0) is 24.8. The molecule has 188 valence electrons. The maximum Gasteiger partial charge on any atom is 0.222 e. The van der Waals surface area contributed by atoms with Crippen molar-refractivity contribution in [1.29, 1.82) is 0 Å². The van der Waals surface area contributed by atoms with E-state index in [9.17, 15) is 5.11 Å². The topological polar surface area (TPSA) is 69.0 Å². The highest BCUT2D eigenvalue weighted by Gasteiger charge is 2.33. The molecule has 1 N–H and O–H groups in total. The zero-order valence-electron chi connectivity index (χ0n) is 21.2. The molecule has 1 atom stereocenters. The summed E-state index contributed by atoms with van der Waals surface area (Å²) in [4.78, 5) is 2.34. The number of benzene rings is 2. The van der Waals surface area contributed by atoms with Crippen molar-refractivity contribution in [3.63, 3.8) is 0 Å². The van der Waals surface area contributed by atoms with Gasteiger partial charge in [-0.1, -0.05) is 44.2 Å². The van der Waals surface area contributed by atoms with E-state index < -0.39 is 6.10 Å². The fourth-order valence-electron chi connectivity index (χ4n) is 4.15. The summed E-state index contributed by atoms with van der Waals surface area (Å²) in [5, 5.41) is 15.5. The number of ether oxygens (including phenoxy) is 3. The summed E-state index contributed by atoms with van der Waals surface area (Å²) < 4.78 is 19.1. The van der Waals surface area contributed by atoms with Crippen molar-refractivity contribution < 1.29 is 19.3 Å². The molecule has 1 heterocycles. The number of hydrogen-bond donors (Lipinski definition) is 1. The molecule has 3 aromatic rings. The standard InChI is InChI=1S/C28H37N3O4/c1-20(2)18-34-19-23(32)16-31(22-10-11-22)17-26-27(21-8-6-5-7-9-21)29-30(3)28(26)35-25-14-12-24(33-4)13-15-25/h5-9,12-15,20,22-23,32H,10-11,16-19H2,1-4H3/t23-/m1/s1. The minimum atomic E-state index is -0.544. The minimum Gasteiger partial charge on any atom is -0.497 e. The van der Waals surface area contributed by atoms with Gasteiger partial charge in [0.2, 0.25) is 5.88 Å². The van der Waals surface area contributed by atoms with Crippen molar-refractivity contribution in [3.05, 3.63) is 60.2 Å². The van der Waals surface area contributed by atoms with Crippen LogP contribution < -0.4 is 9.47 Å². The highest BCUT2D eigenvalue weighted by atomic mass is 16.5. The average molecular weight is 480 g/mol. The zero-order valence-corrected chi connectivity index (χ0v) is 21.2. The van der Waals surface area contributed by atoms with Crippen LogP contribution in [0.3, 0.4) is 0 Å². The van der Waals surface area contributed by atoms with Gasteiger partial charge in [-0.25, -0.2) is 4.68 Å². The quantitative estimate of drug-likeness (QED) is 0.377. The third-order valence-electron chi connectivity index (χ3n) is 6.04. The van der Waals surface area contributed by atoms with Gasteiger partial charge in [0.25, 0.3) is 0 Å². The molecule has 35 heavy (non-hydrogen) atoms. The molecular formula is C28H37N3O4. The predicted octanol–water partition coefficient (Wildman–Crippen LogP) is 4.89. The number of rotatable bonds is 13. The highest BCUT2D eigenvalue weighted by molar-refractivity contribution is 5.65. The molecule has 1 aromatic heterocycles. The van der Waals surface area contributed by atoms with E-state index in [0.717, 1.165) is 41.2 Å². The van der Waals surface area contributed by atoms with Gasteiger partial charge in [0.1, 0.15) is 17.2 Å². The summed E-state index contributed by atoms with van der Waals surface area (Å²) in [5.74, 6) is 2.64. The number of methoxy groups -OCH3 is 1. The Morgan fingerprint density at radius 2 is 1.71 bits per heavy atom. The molecule has 1 fully saturated rings. The molecule has 1 aliphatic carbocycles. The van der Waals surface area contributed by atoms with Crippen molar-refractivity contribution in [3.8, 4) is 28.6 Å². The van der Waals surface area contributed by atoms with Gasteiger partial charge >= 0.3 is 0 Å². The number of aliphatic hydroxyl groups is 1. The van der Waals surface area contributed by atoms with Gasteiger partial charge in [-0.05, 0) is 43.0 Å². The summed E-state index contributed by atoms with van der Waals surface area (Å²) in [6.45, 7) is 6.40. The molecule has 2 aromatic carbocycles. The lowest BCUT2D eigenvalue weighted by Gasteiger charge is -2.25. The first-order valence-corrected chi connectivity index (χ1v) is 12.4. The Morgan fingerprint density at radius 3 is 2.34 bits per heavy atom. The maximum atomic E-state index is 10.7. The Balaban J connectivity index is 1.60. The van der Waals surface area contributed by atoms with E-state index in [2.05, 4.69) is 30.9 Å². The maximum absolute atomic E-state index is 10.7. The summed E-state index contributed by atoms with van der Waals surface area (Å²) in [7, 11) is 3.56. The lowest BCUT2D eigenvalue weighted by molar-refractivity contribution is 0.00541. The molecule has 0 spiro atoms. The fourth-order valence-corrected chi connectivity index (χ4v) is 4.15. The van der Waals surface area contributed by atoms with E-state index in [1.807, 2.05) is 49.5 Å². The van der Waals surface area contributed by atoms with E-state index in [0.29, 0.717) is 44.1 Å². The van der Waals surface area contributed by atoms with Crippen LogP contribution in [0.25, 0.3) is 11.3 Å². The Kier molecular flexibility index (Phi) is 8.44. The molecule has 1 saturated carbocycles. The third-order valence-corrected chi connectivity index (χ3v) is 6.04. The van der Waals surface area contributed by atoms with Gasteiger partial charge < -0.3 is 19.3 Å². The van der Waals surface area contributed by atoms with Gasteiger partial charge in [0.05, 0.1) is 25.4 Å². The number of hydrogen-bond acceptors (Lipinski definition) is 6. The second kappa shape index (κ2) is 11.7. The van der Waals surface area contributed by atoms with Gasteiger partial charge in [0, 0.05) is 38.3 Å². The van der Waals surface area contributed by atoms with Crippen molar-refractivity contribution >= 4 is 0 Å². The van der Waals surface area contributed by atoms with Crippen molar-refractivity contribution in [2.24, 2.45) is 13.0 Å². The number of aryl methyl sites for hydroxylation is 1. The van der Waals surface area contributed by atoms with Gasteiger partial charge in [-0.3, -0.25) is 4.90 Å². The van der Waals surface area contributed by atoms with Crippen LogP contribution in [-0.2, 0) is 18.3 Å². The van der Waals surface area contributed by atoms with E-state index >= 15 is 0 Å². The Hall–Kier alpha value is -2.87. The molecular weight excluding hydrogens is 442 g/mol. The second-order valence-electron chi connectivity index (χ2n) is 9.65. The van der Waals surface area contributed by atoms with E-state index in [-0.39, 0.29) is 0 Å². The monoisotopic (exact) mass is 479 g/mol. The van der Waals surface area contributed by atoms with Gasteiger partial charge in [-0.15, -0.1) is 0 Å². The van der Waals surface area contributed by atoms with Crippen molar-refractivity contribution in [2.45, 2.75) is 45.4 Å². The van der Waals surface area contributed by atoms with E-state index in [1.54, 1.807) is 11.8 Å². The average Bonchev–Trinajstić information content (AvgIpc) is 3.66. The van der Waals surface area contributed by atoms with Crippen LogP contribution in [0, 0.1) is 5.92 Å². The molecule has 7 nitrogen and oxygen atoms in total. The van der Waals surface area contributed by atoms with Crippen LogP contribution in [0.15, 0.2) is 54.6 Å². The van der Waals surface area contributed by atoms with Crippen LogP contribution in [0.1, 0.15) is 32.3 Å². The minimum absolute atomic E-state index is 0.342. The lowest BCUT2D eigenvalue weighted by Crippen LogP contribution is -2.36. The summed E-state index contributed by atoms with van der Waals surface area (Å²) in [6, 6.07) is 18.2. The van der Waals surface area contributed by atoms with E-state index in [4.69, 9.17) is 19.3 Å². The van der Waals surface area contributed by atoms with Crippen molar-refractivity contribution in [2.75, 3.05) is 26.9 Å². The first-order valence-electron chi connectivity index (χ1n) is 12.4. The second-order valence-corrected chi connectivity index (χ2v) is 9.65. The fraction of sp³-hybridized carbons (Fsp3) is 0.464. The molecule has 0 saturated heterocycles. The molecule has 0 radical (unpaired) electrons. The molecule has 0 unspecified atom stereocenters. The van der Waals surface area contributed by atoms with Crippen LogP contribution in [0.4, 0.5) is 0 Å². The molecule has 0 bridgehead atoms. The first kappa shape index (κ1) is 25.2. The summed E-state index contributed by atoms with van der Waals surface area (Å²) >= 11 is 0. The smallest absolute Gasteiger partial charge is 0.222 e. The molecule has 0 amide bonds. The molecule has 0 aliphatic heterocycles. The first-order chi connectivity index (χ1) is 16.9. The third kappa shape index (κ3) is 6.84. The van der Waals surface area contributed by atoms with Crippen molar-refractivity contribution in [1.82, 2.24) is 14.7 Å². The molecule has 7 heteroatoms. The SMILES string of the molecule is COc1ccc(Oc2c(CN(C[C@@H](O)COCC(C)C)C3CC3)c(-c3ccccc3)nn2C)cc1. The Bertz CT molecular complexity index is 1060. The predicted molar refractivity (Wildman–Crippen MR) is 137 cm³/mol. The van der Waals surface area contributed by atoms with Crippen LogP contribution in [0.5, 0.6) is 17.4 Å². The van der Waals surface area contributed by atoms with Crippen LogP contribution in [0.2, 0.25) is 0 Å². The highest BCUT2D eigenvalue weighted by Crippen LogP contribution is 2.37. The normalized spacial score (nSPS) is 14.5. The van der Waals surface area contributed by atoms with Crippen LogP contribution in [-0.4, -0.2) is 58.8 Å². The Labute approximate surface area is 208 Å². The van der Waals surface area contributed by atoms with Crippen LogP contribution >= 0.6 is 0 Å². The number of aliphatic hydroxyl groups excluding tert-OH is 1. The number of aromatic nitrogens is 2. The summed E-state index contributed by atoms with van der Waals surface area (Å²) in [5.41, 5.74) is 2.95. The number of nitrogens with zero attached hydrogens (tertiary/aromatic N) is 3. The van der Waals surface area contributed by atoms with Gasteiger partial charge in [0.15, 0.2) is 0 Å². The lowest BCUT2D eigenvalue weighted by atomic mass is 10.1. The summed E-state index contributed by atoms with van der Waals surface area (Å²) in [6.07, 6.45) is 1.72. The molecule has 4 rings (SSSR count). The van der Waals surface area contributed by atoms with Gasteiger partial charge in [-0.2, -0.15) is 5.10 Å². The van der Waals surface area contributed by atoms with E-state index in [1.165, 1.54) is 0 Å². The largest absolute Gasteiger partial charge is 0.497 e. The Morgan fingerprint density at radius 1 is 1.03 bits per heavy atom.